The van der Waals surface area contributed by atoms with Gasteiger partial charge in [-0.2, -0.15) is 4.73 Å². The van der Waals surface area contributed by atoms with Crippen LogP contribution in [0.2, 0.25) is 5.02 Å². The molecule has 4 nitrogen and oxygen atoms in total. The number of aromatic nitrogens is 1. The highest BCUT2D eigenvalue weighted by molar-refractivity contribution is 6.30. The molecule has 1 aromatic carbocycles. The lowest BCUT2D eigenvalue weighted by molar-refractivity contribution is -0.607. The maximum Gasteiger partial charge on any atom is 0.317 e. The van der Waals surface area contributed by atoms with Crippen molar-refractivity contribution in [1.29, 1.82) is 0 Å². The van der Waals surface area contributed by atoms with Crippen molar-refractivity contribution in [2.75, 3.05) is 6.54 Å². The molecule has 1 heterocycles. The Bertz CT molecular complexity index is 694. The van der Waals surface area contributed by atoms with Crippen molar-refractivity contribution in [3.05, 3.63) is 70.1 Å². The fraction of sp³-hybridized carbons (Fsp3) is 0.333. The summed E-state index contributed by atoms with van der Waals surface area (Å²) in [5, 5.41) is 15.3. The molecular formula is C18H19ClN2O2. The minimum absolute atomic E-state index is 0.0667. The normalized spacial score (nSPS) is 16.2. The second kappa shape index (κ2) is 6.59. The van der Waals surface area contributed by atoms with Crippen LogP contribution in [-0.2, 0) is 5.41 Å². The Morgan fingerprint density at radius 1 is 1.17 bits per heavy atom. The molecule has 3 rings (SSSR count). The van der Waals surface area contributed by atoms with Crippen LogP contribution in [0.5, 0.6) is 0 Å². The van der Waals surface area contributed by atoms with Gasteiger partial charge in [0.25, 0.3) is 5.69 Å². The molecule has 2 aromatic rings. The van der Waals surface area contributed by atoms with E-state index in [1.165, 1.54) is 17.8 Å². The summed E-state index contributed by atoms with van der Waals surface area (Å²) < 4.78 is 0.596. The van der Waals surface area contributed by atoms with Crippen molar-refractivity contribution < 1.29 is 9.52 Å². The predicted octanol–water partition coefficient (Wildman–Crippen LogP) is 3.22. The van der Waals surface area contributed by atoms with Crippen LogP contribution in [0, 0.1) is 5.21 Å². The predicted molar refractivity (Wildman–Crippen MR) is 89.3 cm³/mol. The number of nitrogens with one attached hydrogen (secondary N) is 1. The second-order valence-electron chi connectivity index (χ2n) is 6.09. The van der Waals surface area contributed by atoms with E-state index >= 15 is 0 Å². The number of carbonyl (C=O) groups is 1. The zero-order valence-corrected chi connectivity index (χ0v) is 13.6. The van der Waals surface area contributed by atoms with Gasteiger partial charge in [0, 0.05) is 29.1 Å². The Kier molecular flexibility index (Phi) is 4.53. The van der Waals surface area contributed by atoms with Gasteiger partial charge in [-0.25, -0.2) is 0 Å². The smallest absolute Gasteiger partial charge is 0.317 e. The summed E-state index contributed by atoms with van der Waals surface area (Å²) in [6.45, 7) is 0.530. The third kappa shape index (κ3) is 3.32. The number of benzene rings is 1. The van der Waals surface area contributed by atoms with E-state index in [1.807, 2.05) is 24.3 Å². The number of halogens is 1. The number of hydrogen-bond donors (Lipinski definition) is 1. The van der Waals surface area contributed by atoms with Gasteiger partial charge < -0.3 is 10.5 Å². The van der Waals surface area contributed by atoms with Crippen LogP contribution in [0.25, 0.3) is 0 Å². The molecule has 1 N–H and O–H groups in total. The van der Waals surface area contributed by atoms with E-state index in [-0.39, 0.29) is 17.0 Å². The Morgan fingerprint density at radius 3 is 2.52 bits per heavy atom. The topological polar surface area (TPSA) is 56.0 Å². The largest absolute Gasteiger partial charge is 0.618 e. The summed E-state index contributed by atoms with van der Waals surface area (Å²) in [6, 6.07) is 12.7. The lowest BCUT2D eigenvalue weighted by Gasteiger charge is -2.30. The molecular weight excluding hydrogens is 312 g/mol. The van der Waals surface area contributed by atoms with Gasteiger partial charge in [-0.3, -0.25) is 4.79 Å². The van der Waals surface area contributed by atoms with Crippen molar-refractivity contribution in [1.82, 2.24) is 5.32 Å². The van der Waals surface area contributed by atoms with E-state index in [0.717, 1.165) is 25.7 Å². The summed E-state index contributed by atoms with van der Waals surface area (Å²) in [4.78, 5) is 12.3. The molecule has 1 aliphatic rings. The van der Waals surface area contributed by atoms with Crippen molar-refractivity contribution in [2.24, 2.45) is 0 Å². The molecule has 23 heavy (non-hydrogen) atoms. The minimum atomic E-state index is -0.333. The molecule has 1 fully saturated rings. The fourth-order valence-electron chi connectivity index (χ4n) is 3.37. The van der Waals surface area contributed by atoms with Crippen LogP contribution in [-0.4, -0.2) is 12.5 Å². The highest BCUT2D eigenvalue weighted by Crippen LogP contribution is 2.40. The van der Waals surface area contributed by atoms with Crippen LogP contribution in [0.3, 0.4) is 0 Å². The molecule has 1 aromatic heterocycles. The quantitative estimate of drug-likeness (QED) is 0.691. The molecule has 0 radical (unpaired) electrons. The van der Waals surface area contributed by atoms with E-state index in [0.29, 0.717) is 16.3 Å². The van der Waals surface area contributed by atoms with Crippen LogP contribution in [0.15, 0.2) is 48.7 Å². The maximum absolute atomic E-state index is 12.3. The fourth-order valence-corrected chi connectivity index (χ4v) is 3.49. The number of hydrogen-bond acceptors (Lipinski definition) is 2. The van der Waals surface area contributed by atoms with Gasteiger partial charge in [0.1, 0.15) is 0 Å². The molecule has 0 unspecified atom stereocenters. The van der Waals surface area contributed by atoms with E-state index in [1.54, 1.807) is 12.1 Å². The molecule has 1 saturated carbocycles. The first kappa shape index (κ1) is 15.8. The molecule has 0 saturated heterocycles. The summed E-state index contributed by atoms with van der Waals surface area (Å²) >= 11 is 5.98. The summed E-state index contributed by atoms with van der Waals surface area (Å²) in [6.07, 6.45) is 5.68. The van der Waals surface area contributed by atoms with Crippen LogP contribution in [0.4, 0.5) is 0 Å². The zero-order chi connectivity index (χ0) is 16.3. The lowest BCUT2D eigenvalue weighted by atomic mass is 9.79. The average molecular weight is 331 g/mol. The van der Waals surface area contributed by atoms with Gasteiger partial charge in [0.05, 0.1) is 0 Å². The third-order valence-corrected chi connectivity index (χ3v) is 4.91. The summed E-state index contributed by atoms with van der Waals surface area (Å²) in [5.41, 5.74) is 1.25. The number of rotatable bonds is 4. The van der Waals surface area contributed by atoms with Gasteiger partial charge >= 0.3 is 5.91 Å². The van der Waals surface area contributed by atoms with Gasteiger partial charge in [-0.15, -0.1) is 0 Å². The monoisotopic (exact) mass is 330 g/mol. The standard InChI is InChI=1S/C18H19ClN2O2/c19-15-8-6-14(7-9-15)18(10-2-3-11-18)13-20-17(22)16-5-1-4-12-21(16)23/h1,4-9,12H,2-3,10-11,13H2,(H,20,22). The molecule has 0 atom stereocenters. The zero-order valence-electron chi connectivity index (χ0n) is 12.8. The van der Waals surface area contributed by atoms with Crippen molar-refractivity contribution in [3.8, 4) is 0 Å². The Labute approximate surface area is 140 Å². The van der Waals surface area contributed by atoms with Crippen molar-refractivity contribution in [3.63, 3.8) is 0 Å². The number of amides is 1. The first-order valence-corrected chi connectivity index (χ1v) is 8.21. The second-order valence-corrected chi connectivity index (χ2v) is 6.53. The van der Waals surface area contributed by atoms with E-state index in [4.69, 9.17) is 11.6 Å². The van der Waals surface area contributed by atoms with Crippen molar-refractivity contribution >= 4 is 17.5 Å². The molecule has 0 aliphatic heterocycles. The number of carbonyl (C=O) groups excluding carboxylic acids is 1. The minimum Gasteiger partial charge on any atom is -0.618 e. The van der Waals surface area contributed by atoms with Gasteiger partial charge in [-0.05, 0) is 36.6 Å². The van der Waals surface area contributed by atoms with E-state index in [2.05, 4.69) is 5.32 Å². The first-order chi connectivity index (χ1) is 11.1. The Morgan fingerprint density at radius 2 is 1.87 bits per heavy atom. The lowest BCUT2D eigenvalue weighted by Crippen LogP contribution is -2.44. The maximum atomic E-state index is 12.3. The average Bonchev–Trinajstić information content (AvgIpc) is 3.04. The number of nitrogens with zero attached hydrogens (tertiary/aromatic N) is 1. The van der Waals surface area contributed by atoms with Crippen LogP contribution < -0.4 is 10.0 Å². The third-order valence-electron chi connectivity index (χ3n) is 4.66. The molecule has 120 valence electrons. The van der Waals surface area contributed by atoms with Crippen LogP contribution >= 0.6 is 11.6 Å². The SMILES string of the molecule is O=C(NCC1(c2ccc(Cl)cc2)CCCC1)c1cccc[n+]1[O-]. The van der Waals surface area contributed by atoms with Crippen molar-refractivity contribution in [2.45, 2.75) is 31.1 Å². The summed E-state index contributed by atoms with van der Waals surface area (Å²) in [5.74, 6) is -0.333. The Hall–Kier alpha value is -2.07. The van der Waals surface area contributed by atoms with Gasteiger partial charge in [-0.1, -0.05) is 36.6 Å². The van der Waals surface area contributed by atoms with Gasteiger partial charge in [0.15, 0.2) is 6.20 Å². The molecule has 1 aliphatic carbocycles. The summed E-state index contributed by atoms with van der Waals surface area (Å²) in [7, 11) is 0. The Balaban J connectivity index is 1.77. The van der Waals surface area contributed by atoms with E-state index in [9.17, 15) is 10.0 Å². The molecule has 1 amide bonds. The molecule has 0 spiro atoms. The molecule has 5 heteroatoms. The van der Waals surface area contributed by atoms with E-state index < -0.39 is 0 Å². The highest BCUT2D eigenvalue weighted by atomic mass is 35.5. The van der Waals surface area contributed by atoms with Gasteiger partial charge in [0.2, 0.25) is 0 Å². The highest BCUT2D eigenvalue weighted by Gasteiger charge is 2.36. The van der Waals surface area contributed by atoms with Crippen LogP contribution in [0.1, 0.15) is 41.7 Å². The first-order valence-electron chi connectivity index (χ1n) is 7.83. The molecule has 0 bridgehead atoms. The number of pyridine rings is 1.